The van der Waals surface area contributed by atoms with Crippen molar-refractivity contribution < 1.29 is 58.5 Å². The van der Waals surface area contributed by atoms with E-state index in [2.05, 4.69) is 117 Å². The van der Waals surface area contributed by atoms with Crippen LogP contribution in [0.1, 0.15) is 72.7 Å². The lowest BCUT2D eigenvalue weighted by atomic mass is 10.2. The second kappa shape index (κ2) is 20.9. The maximum Gasteiger partial charge on any atom is 0.534 e. The quantitative estimate of drug-likeness (QED) is 0.0531. The van der Waals surface area contributed by atoms with E-state index in [4.69, 9.17) is 14.2 Å². The van der Waals surface area contributed by atoms with Crippen LogP contribution in [-0.2, 0) is 23.8 Å². The lowest BCUT2D eigenvalue weighted by Gasteiger charge is -2.30. The monoisotopic (exact) mass is 1240 g/mol. The van der Waals surface area contributed by atoms with Crippen molar-refractivity contribution in [2.45, 2.75) is 83.3 Å². The molecule has 20 heteroatoms. The molecule has 0 aromatic heterocycles. The Hall–Kier alpha value is -2.71. The maximum absolute atomic E-state index is 14.1. The van der Waals surface area contributed by atoms with E-state index in [1.54, 1.807) is 39.0 Å². The van der Waals surface area contributed by atoms with Crippen LogP contribution in [0.25, 0.3) is 0 Å². The van der Waals surface area contributed by atoms with Crippen LogP contribution < -0.4 is 50.2 Å². The fraction of sp³-hybridized carbons (Fsp3) is 0.340. The predicted octanol–water partition coefficient (Wildman–Crippen LogP) is 12.0. The third kappa shape index (κ3) is 11.1. The fourth-order valence-corrected chi connectivity index (χ4v) is 18.5. The van der Waals surface area contributed by atoms with Gasteiger partial charge in [0.25, 0.3) is 0 Å². The van der Waals surface area contributed by atoms with Gasteiger partial charge in [-0.2, -0.15) is 21.6 Å². The Labute approximate surface area is 416 Å². The molecule has 0 radical (unpaired) electrons. The van der Waals surface area contributed by atoms with Gasteiger partial charge in [-0.15, -0.1) is 0 Å². The van der Waals surface area contributed by atoms with E-state index < -0.39 is 55.9 Å². The first-order valence-electron chi connectivity index (χ1n) is 20.7. The Kier molecular flexibility index (Phi) is 17.3. The highest BCUT2D eigenvalue weighted by Gasteiger charge is 2.52. The van der Waals surface area contributed by atoms with E-state index in [0.29, 0.717) is 23.0 Å². The van der Waals surface area contributed by atoms with Crippen LogP contribution in [0, 0.1) is 0 Å². The number of alkyl halides is 3. The van der Waals surface area contributed by atoms with Crippen molar-refractivity contribution in [1.82, 2.24) is 0 Å². The van der Waals surface area contributed by atoms with E-state index in [1.165, 1.54) is 22.7 Å². The Morgan fingerprint density at radius 2 is 0.925 bits per heavy atom. The van der Waals surface area contributed by atoms with Crippen LogP contribution in [-0.4, -0.2) is 54.7 Å². The number of fused-ring (bicyclic) bond motifs is 3. The van der Waals surface area contributed by atoms with Gasteiger partial charge in [0.15, 0.2) is 33.5 Å². The summed E-state index contributed by atoms with van der Waals surface area (Å²) in [6, 6.07) is 36.2. The number of aldehydes is 1. The second-order valence-corrected chi connectivity index (χ2v) is 32.9. The first-order chi connectivity index (χ1) is 31.1. The minimum atomic E-state index is -5.84. The van der Waals surface area contributed by atoms with Gasteiger partial charge in [-0.1, -0.05) is 153 Å². The van der Waals surface area contributed by atoms with E-state index in [0.717, 1.165) is 28.7 Å². The zero-order valence-corrected chi connectivity index (χ0v) is 47.0. The molecule has 0 saturated heterocycles. The van der Waals surface area contributed by atoms with E-state index >= 15 is 0 Å². The first kappa shape index (κ1) is 55.2. The molecule has 10 nitrogen and oxygen atoms in total. The molecule has 5 aromatic rings. The molecule has 8 rings (SSSR count). The van der Waals surface area contributed by atoms with E-state index in [1.807, 2.05) is 45.0 Å². The summed E-state index contributed by atoms with van der Waals surface area (Å²) in [6.45, 7) is 16.9. The minimum Gasteiger partial charge on any atom is -0.485 e. The number of hydrogen-bond acceptors (Lipinski definition) is 10. The molecule has 3 heterocycles. The second-order valence-electron chi connectivity index (χ2n) is 18.6. The lowest BCUT2D eigenvalue weighted by Crippen LogP contribution is -2.34. The zero-order valence-electron chi connectivity index (χ0n) is 38.3. The zero-order chi connectivity index (χ0) is 50.0. The lowest BCUT2D eigenvalue weighted by molar-refractivity contribution is -0.0499. The Bertz CT molecular complexity index is 2810. The molecule has 0 saturated carbocycles. The minimum absolute atomic E-state index is 0.0770. The van der Waals surface area contributed by atoms with Crippen molar-refractivity contribution in [2.24, 2.45) is 0 Å². The molecule has 0 fully saturated rings. The molecule has 0 amide bonds. The molecule has 0 bridgehead atoms. The number of rotatable bonds is 6. The van der Waals surface area contributed by atoms with Crippen LogP contribution in [0.5, 0.6) is 23.0 Å². The smallest absolute Gasteiger partial charge is 0.485 e. The third-order valence-electron chi connectivity index (χ3n) is 11.4. The highest BCUT2D eigenvalue weighted by molar-refractivity contribution is 15.0. The van der Waals surface area contributed by atoms with Crippen LogP contribution in [0.4, 0.5) is 13.2 Å². The van der Waals surface area contributed by atoms with Crippen LogP contribution in [0.3, 0.4) is 0 Å². The summed E-state index contributed by atoms with van der Waals surface area (Å²) >= 11 is 4.24. The molecular formula is C47H53F3I2O10P4S. The molecular weight excluding hydrogens is 1190 g/mol. The van der Waals surface area contributed by atoms with Crippen LogP contribution in [0.15, 0.2) is 115 Å². The van der Waals surface area contributed by atoms with E-state index in [-0.39, 0.29) is 34.1 Å². The SMILES string of the molecule is CC(C)(C)[P@]1(=O)COc2cccc(C=O)c21.CC(C)(C)[P@]1(=O)COc2cccc(OS(=O)(=O)C(F)(F)F)c21.CC(C)(C)[P@]1(=O)COc2cccc(P(c3ccccc3)c3ccccc3)c21.II. The van der Waals surface area contributed by atoms with Gasteiger partial charge in [0.2, 0.25) is 0 Å². The predicted molar refractivity (Wildman–Crippen MR) is 285 cm³/mol. The van der Waals surface area contributed by atoms with Gasteiger partial charge in [0, 0.05) is 58.3 Å². The van der Waals surface area contributed by atoms with Crippen LogP contribution in [0.2, 0.25) is 0 Å². The van der Waals surface area contributed by atoms with E-state index in [9.17, 15) is 40.1 Å². The highest BCUT2D eigenvalue weighted by Crippen LogP contribution is 2.64. The summed E-state index contributed by atoms with van der Waals surface area (Å²) in [7, 11) is -15.3. The summed E-state index contributed by atoms with van der Waals surface area (Å²) in [5.41, 5.74) is -5.07. The Morgan fingerprint density at radius 1 is 0.552 bits per heavy atom. The molecule has 0 aliphatic carbocycles. The normalized spacial score (nSPS) is 20.6. The molecule has 362 valence electrons. The van der Waals surface area contributed by atoms with Gasteiger partial charge in [0.05, 0.1) is 10.6 Å². The molecule has 0 spiro atoms. The van der Waals surface area contributed by atoms with Gasteiger partial charge in [-0.25, -0.2) is 0 Å². The molecule has 0 N–H and O–H groups in total. The molecule has 67 heavy (non-hydrogen) atoms. The summed E-state index contributed by atoms with van der Waals surface area (Å²) < 4.78 is 121. The van der Waals surface area contributed by atoms with Crippen molar-refractivity contribution in [3.8, 4) is 23.0 Å². The third-order valence-corrected chi connectivity index (χ3v) is 26.5. The van der Waals surface area contributed by atoms with Crippen molar-refractivity contribution in [2.75, 3.05) is 19.0 Å². The van der Waals surface area contributed by atoms with Crippen molar-refractivity contribution in [3.63, 3.8) is 0 Å². The highest BCUT2D eigenvalue weighted by atomic mass is 128. The van der Waals surface area contributed by atoms with Crippen molar-refractivity contribution in [3.05, 3.63) is 121 Å². The number of ether oxygens (including phenoxy) is 3. The summed E-state index contributed by atoms with van der Waals surface area (Å²) in [6.07, 6.45) is 1.05. The van der Waals surface area contributed by atoms with Gasteiger partial charge < -0.3 is 32.1 Å². The number of benzene rings is 5. The fourth-order valence-electron chi connectivity index (χ4n) is 7.36. The average molecular weight is 1240 g/mol. The molecule has 3 aliphatic heterocycles. The molecule has 3 atom stereocenters. The summed E-state index contributed by atoms with van der Waals surface area (Å²) in [5.74, 6) is 0.867. The number of carbonyl (C=O) groups is 1. The first-order valence-corrected chi connectivity index (χ1v) is 35.4. The van der Waals surface area contributed by atoms with Gasteiger partial charge in [-0.3, -0.25) is 4.79 Å². The summed E-state index contributed by atoms with van der Waals surface area (Å²) in [5, 5.41) is 3.64. The summed E-state index contributed by atoms with van der Waals surface area (Å²) in [4.78, 5) is 11.0. The Morgan fingerprint density at radius 3 is 1.34 bits per heavy atom. The Balaban J connectivity index is 0.000000190. The number of carbonyl (C=O) groups excluding carboxylic acids is 1. The van der Waals surface area contributed by atoms with Gasteiger partial charge in [0.1, 0.15) is 41.6 Å². The number of halogens is 5. The van der Waals surface area contributed by atoms with Gasteiger partial charge in [-0.05, 0) is 48.1 Å². The largest absolute Gasteiger partial charge is 0.534 e. The van der Waals surface area contributed by atoms with Crippen LogP contribution >= 0.6 is 66.6 Å². The molecule has 0 unspecified atom stereocenters. The topological polar surface area (TPSA) is 139 Å². The van der Waals surface area contributed by atoms with Gasteiger partial charge >= 0.3 is 15.6 Å². The average Bonchev–Trinajstić information content (AvgIpc) is 3.95. The molecule has 3 aliphatic rings. The standard InChI is InChI=1S/C23H24O2P2.C12H14F3O5PS.C12H15O3P.I2/c1-23(2,3)27(24)17-25-20-15-10-16-21(22(20)27)26(18-11-6-4-7-12-18)19-13-8-5-9-14-19;1-11(2,3)21(16)7-19-8-5-4-6-9(10(8)21)20-22(17,18)12(13,14)15;1-12(2,3)16(14)8-15-10-6-4-5-9(7-13)11(10)16;1-2/h4-16H,17H2,1-3H3;4-6H,7H2,1-3H3;4-7H,8H2,1-3H3;/t27-;21-;16-;/m000./s1. The maximum atomic E-state index is 14.1. The number of hydrogen-bond donors (Lipinski definition) is 0. The van der Waals surface area contributed by atoms with Crippen molar-refractivity contribution in [1.29, 1.82) is 0 Å². The van der Waals surface area contributed by atoms with Crippen molar-refractivity contribution >= 4 is 115 Å². The molecule has 5 aromatic carbocycles.